The summed E-state index contributed by atoms with van der Waals surface area (Å²) in [5.41, 5.74) is 0. The molecule has 0 bridgehead atoms. The molecular formula is C5H8O2Sn. The molecular weight excluding hydrogens is 211 g/mol. The molecule has 0 atom stereocenters. The van der Waals surface area contributed by atoms with Crippen LogP contribution in [0.4, 0.5) is 0 Å². The van der Waals surface area contributed by atoms with Crippen LogP contribution >= 0.6 is 0 Å². The van der Waals surface area contributed by atoms with Crippen LogP contribution in [0, 0.1) is 0 Å². The standard InChI is InChI=1S/C5H8O2.Sn/c6-4-2-1-3-5-7;/h1-2H,3-5H2;/q-2;+2/b2-1-;. The van der Waals surface area contributed by atoms with Crippen molar-refractivity contribution in [2.24, 2.45) is 0 Å². The zero-order valence-corrected chi connectivity index (χ0v) is 7.45. The van der Waals surface area contributed by atoms with E-state index in [0.29, 0.717) is 0 Å². The Balaban J connectivity index is 2.17. The molecule has 1 aliphatic heterocycles. The molecule has 0 aromatic heterocycles. The SMILES string of the molecule is C1=C\C[O][Sn][O]CC/1. The van der Waals surface area contributed by atoms with Gasteiger partial charge in [0, 0.05) is 0 Å². The van der Waals surface area contributed by atoms with Crippen LogP contribution in [-0.4, -0.2) is 35.2 Å². The topological polar surface area (TPSA) is 18.5 Å². The summed E-state index contributed by atoms with van der Waals surface area (Å²) in [6.07, 6.45) is 5.21. The van der Waals surface area contributed by atoms with E-state index in [1.54, 1.807) is 0 Å². The van der Waals surface area contributed by atoms with E-state index in [0.717, 1.165) is 19.6 Å². The monoisotopic (exact) mass is 220 g/mol. The fourth-order valence-electron chi connectivity index (χ4n) is 0.478. The van der Waals surface area contributed by atoms with Crippen LogP contribution in [0.1, 0.15) is 6.42 Å². The summed E-state index contributed by atoms with van der Waals surface area (Å²) in [7, 11) is 0. The molecule has 3 heteroatoms. The Morgan fingerprint density at radius 1 is 1.25 bits per heavy atom. The normalized spacial score (nSPS) is 26.0. The Morgan fingerprint density at radius 2 is 2.25 bits per heavy atom. The first-order valence-corrected chi connectivity index (χ1v) is 4.97. The van der Waals surface area contributed by atoms with Crippen LogP contribution in [-0.2, 0) is 6.15 Å². The fourth-order valence-corrected chi connectivity index (χ4v) is 1.76. The molecule has 1 heterocycles. The van der Waals surface area contributed by atoms with Crippen LogP contribution in [0.25, 0.3) is 0 Å². The molecule has 44 valence electrons. The molecule has 2 radical (unpaired) electrons. The zero-order valence-electron chi connectivity index (χ0n) is 4.59. The number of hydrogen-bond donors (Lipinski definition) is 0. The third-order valence-corrected chi connectivity index (χ3v) is 2.58. The Hall–Kier alpha value is 0.459. The second-order valence-electron chi connectivity index (χ2n) is 1.50. The average molecular weight is 219 g/mol. The number of hydrogen-bond acceptors (Lipinski definition) is 2. The van der Waals surface area contributed by atoms with E-state index in [2.05, 4.69) is 12.2 Å². The summed E-state index contributed by atoms with van der Waals surface area (Å²) in [6, 6.07) is 0. The van der Waals surface area contributed by atoms with E-state index in [4.69, 9.17) is 6.15 Å². The molecule has 0 fully saturated rings. The second kappa shape index (κ2) is 4.35. The van der Waals surface area contributed by atoms with Crippen molar-refractivity contribution in [3.05, 3.63) is 12.2 Å². The first-order chi connectivity index (χ1) is 4.00. The average Bonchev–Trinajstić information content (AvgIpc) is 1.62. The van der Waals surface area contributed by atoms with E-state index in [1.165, 1.54) is 0 Å². The van der Waals surface area contributed by atoms with E-state index in [1.807, 2.05) is 0 Å². The second-order valence-corrected chi connectivity index (χ2v) is 3.63. The van der Waals surface area contributed by atoms with Gasteiger partial charge in [-0.25, -0.2) is 0 Å². The van der Waals surface area contributed by atoms with Gasteiger partial charge < -0.3 is 0 Å². The summed E-state index contributed by atoms with van der Waals surface area (Å²) in [5, 5.41) is 0. The van der Waals surface area contributed by atoms with Gasteiger partial charge in [0.2, 0.25) is 0 Å². The van der Waals surface area contributed by atoms with Crippen molar-refractivity contribution in [3.8, 4) is 0 Å². The molecule has 0 N–H and O–H groups in total. The molecule has 0 aliphatic carbocycles. The molecule has 0 spiro atoms. The Morgan fingerprint density at radius 3 is 3.25 bits per heavy atom. The summed E-state index contributed by atoms with van der Waals surface area (Å²) in [5.74, 6) is 0. The van der Waals surface area contributed by atoms with Gasteiger partial charge in [-0.1, -0.05) is 0 Å². The molecule has 1 rings (SSSR count). The van der Waals surface area contributed by atoms with Gasteiger partial charge >= 0.3 is 59.9 Å². The summed E-state index contributed by atoms with van der Waals surface area (Å²) in [6.45, 7) is 1.63. The van der Waals surface area contributed by atoms with Crippen molar-refractivity contribution >= 4 is 22.0 Å². The van der Waals surface area contributed by atoms with Gasteiger partial charge in [0.15, 0.2) is 0 Å². The predicted octanol–water partition coefficient (Wildman–Crippen LogP) is 0.514. The van der Waals surface area contributed by atoms with Crippen molar-refractivity contribution in [1.82, 2.24) is 0 Å². The van der Waals surface area contributed by atoms with E-state index < -0.39 is 22.0 Å². The molecule has 0 saturated heterocycles. The van der Waals surface area contributed by atoms with Gasteiger partial charge in [0.25, 0.3) is 0 Å². The maximum atomic E-state index is 5.17. The Kier molecular flexibility index (Phi) is 3.58. The quantitative estimate of drug-likeness (QED) is 0.436. The van der Waals surface area contributed by atoms with Crippen molar-refractivity contribution < 1.29 is 6.15 Å². The van der Waals surface area contributed by atoms with Gasteiger partial charge in [-0.05, 0) is 0 Å². The zero-order chi connectivity index (χ0) is 5.66. The summed E-state index contributed by atoms with van der Waals surface area (Å²) < 4.78 is 10.3. The van der Waals surface area contributed by atoms with Crippen LogP contribution < -0.4 is 0 Å². The van der Waals surface area contributed by atoms with Gasteiger partial charge in [-0.3, -0.25) is 0 Å². The van der Waals surface area contributed by atoms with Crippen LogP contribution in [0.5, 0.6) is 0 Å². The molecule has 2 nitrogen and oxygen atoms in total. The van der Waals surface area contributed by atoms with E-state index in [9.17, 15) is 0 Å². The van der Waals surface area contributed by atoms with Crippen molar-refractivity contribution in [2.45, 2.75) is 6.42 Å². The van der Waals surface area contributed by atoms with Crippen LogP contribution in [0.15, 0.2) is 12.2 Å². The van der Waals surface area contributed by atoms with Gasteiger partial charge in [0.1, 0.15) is 0 Å². The fraction of sp³-hybridized carbons (Fsp3) is 0.600. The van der Waals surface area contributed by atoms with Crippen LogP contribution in [0.3, 0.4) is 0 Å². The minimum absolute atomic E-state index is 0.770. The van der Waals surface area contributed by atoms with Gasteiger partial charge in [-0.2, -0.15) is 0 Å². The van der Waals surface area contributed by atoms with Crippen molar-refractivity contribution in [3.63, 3.8) is 0 Å². The van der Waals surface area contributed by atoms with E-state index >= 15 is 0 Å². The van der Waals surface area contributed by atoms with Crippen molar-refractivity contribution in [1.29, 1.82) is 0 Å². The summed E-state index contributed by atoms with van der Waals surface area (Å²) in [4.78, 5) is 0. The molecule has 0 amide bonds. The Bertz CT molecular complexity index is 72.5. The molecule has 0 aromatic rings. The third kappa shape index (κ3) is 2.69. The number of rotatable bonds is 0. The molecule has 0 unspecified atom stereocenters. The Labute approximate surface area is 60.2 Å². The van der Waals surface area contributed by atoms with Gasteiger partial charge in [0.05, 0.1) is 0 Å². The molecule has 1 aliphatic rings. The minimum atomic E-state index is -0.835. The molecule has 0 aromatic carbocycles. The first kappa shape index (κ1) is 6.58. The summed E-state index contributed by atoms with van der Waals surface area (Å²) >= 11 is -0.835. The predicted molar refractivity (Wildman–Crippen MR) is 31.4 cm³/mol. The first-order valence-electron chi connectivity index (χ1n) is 2.64. The molecule has 0 saturated carbocycles. The van der Waals surface area contributed by atoms with Crippen molar-refractivity contribution in [2.75, 3.05) is 13.2 Å². The third-order valence-electron chi connectivity index (χ3n) is 0.851. The van der Waals surface area contributed by atoms with E-state index in [-0.39, 0.29) is 0 Å². The van der Waals surface area contributed by atoms with Gasteiger partial charge in [-0.15, -0.1) is 0 Å². The maximum absolute atomic E-state index is 5.17. The molecule has 8 heavy (non-hydrogen) atoms. The van der Waals surface area contributed by atoms with Crippen LogP contribution in [0.2, 0.25) is 0 Å².